The van der Waals surface area contributed by atoms with Crippen LogP contribution in [0.2, 0.25) is 0 Å². The Kier molecular flexibility index (Phi) is 5.56. The summed E-state index contributed by atoms with van der Waals surface area (Å²) in [6, 6.07) is 9.20. The van der Waals surface area contributed by atoms with E-state index in [4.69, 9.17) is 0 Å². The lowest BCUT2D eigenvalue weighted by Gasteiger charge is -2.39. The molecule has 0 aliphatic carbocycles. The van der Waals surface area contributed by atoms with E-state index in [-0.39, 0.29) is 36.7 Å². The average molecular weight is 358 g/mol. The number of carbonyl (C=O) groups excluding carboxylic acids is 3. The highest BCUT2D eigenvalue weighted by molar-refractivity contribution is 5.98. The molecule has 1 atom stereocenters. The zero-order valence-electron chi connectivity index (χ0n) is 15.4. The van der Waals surface area contributed by atoms with Crippen LogP contribution in [0.3, 0.4) is 0 Å². The Balaban J connectivity index is 1.62. The Labute approximate surface area is 153 Å². The summed E-state index contributed by atoms with van der Waals surface area (Å²) in [5.41, 5.74) is 0.849. The van der Waals surface area contributed by atoms with Crippen molar-refractivity contribution in [3.05, 3.63) is 30.3 Å². The SMILES string of the molecule is CC(C)N1CCNC(=O)C1CC(=O)N1CCN(c2ccccc2)C(=O)C1. The molecule has 7 heteroatoms. The third-order valence-electron chi connectivity index (χ3n) is 5.04. The first-order valence-electron chi connectivity index (χ1n) is 9.14. The summed E-state index contributed by atoms with van der Waals surface area (Å²) >= 11 is 0. The molecule has 3 amide bonds. The normalized spacial score (nSPS) is 21.9. The number of anilines is 1. The molecule has 2 aliphatic heterocycles. The third-order valence-corrected chi connectivity index (χ3v) is 5.04. The van der Waals surface area contributed by atoms with Crippen molar-refractivity contribution in [1.82, 2.24) is 15.1 Å². The van der Waals surface area contributed by atoms with Gasteiger partial charge < -0.3 is 15.1 Å². The van der Waals surface area contributed by atoms with E-state index in [1.807, 2.05) is 44.2 Å². The van der Waals surface area contributed by atoms with E-state index in [2.05, 4.69) is 10.2 Å². The lowest BCUT2D eigenvalue weighted by atomic mass is 10.1. The Morgan fingerprint density at radius 3 is 2.54 bits per heavy atom. The number of hydrogen-bond donors (Lipinski definition) is 1. The first kappa shape index (κ1) is 18.4. The van der Waals surface area contributed by atoms with Crippen LogP contribution < -0.4 is 10.2 Å². The molecule has 1 N–H and O–H groups in total. The maximum Gasteiger partial charge on any atom is 0.246 e. The lowest BCUT2D eigenvalue weighted by molar-refractivity contribution is -0.142. The summed E-state index contributed by atoms with van der Waals surface area (Å²) in [7, 11) is 0. The molecule has 140 valence electrons. The van der Waals surface area contributed by atoms with Crippen molar-refractivity contribution in [2.24, 2.45) is 0 Å². The third kappa shape index (κ3) is 3.88. The number of benzene rings is 1. The highest BCUT2D eigenvalue weighted by atomic mass is 16.2. The Morgan fingerprint density at radius 1 is 1.15 bits per heavy atom. The fourth-order valence-electron chi connectivity index (χ4n) is 3.62. The predicted molar refractivity (Wildman–Crippen MR) is 98.6 cm³/mol. The molecule has 2 aliphatic rings. The minimum absolute atomic E-state index is 0.0593. The molecule has 2 heterocycles. The van der Waals surface area contributed by atoms with Crippen LogP contribution in [0.4, 0.5) is 5.69 Å². The minimum Gasteiger partial charge on any atom is -0.353 e. The second-order valence-corrected chi connectivity index (χ2v) is 7.04. The van der Waals surface area contributed by atoms with Gasteiger partial charge in [0.15, 0.2) is 0 Å². The summed E-state index contributed by atoms with van der Waals surface area (Å²) in [6.45, 7) is 6.41. The summed E-state index contributed by atoms with van der Waals surface area (Å²) < 4.78 is 0. The van der Waals surface area contributed by atoms with E-state index in [1.165, 1.54) is 0 Å². The second-order valence-electron chi connectivity index (χ2n) is 7.04. The molecule has 0 aromatic heterocycles. The number of amides is 3. The fraction of sp³-hybridized carbons (Fsp3) is 0.526. The first-order valence-corrected chi connectivity index (χ1v) is 9.14. The number of carbonyl (C=O) groups is 3. The van der Waals surface area contributed by atoms with Gasteiger partial charge in [0.2, 0.25) is 17.7 Å². The number of piperazine rings is 2. The van der Waals surface area contributed by atoms with Crippen molar-refractivity contribution < 1.29 is 14.4 Å². The van der Waals surface area contributed by atoms with Crippen LogP contribution in [0, 0.1) is 0 Å². The van der Waals surface area contributed by atoms with Crippen molar-refractivity contribution >= 4 is 23.4 Å². The molecule has 0 radical (unpaired) electrons. The molecule has 0 saturated carbocycles. The molecule has 2 saturated heterocycles. The maximum atomic E-state index is 12.7. The van der Waals surface area contributed by atoms with Gasteiger partial charge in [0.1, 0.15) is 6.54 Å². The van der Waals surface area contributed by atoms with Crippen LogP contribution >= 0.6 is 0 Å². The van der Waals surface area contributed by atoms with Gasteiger partial charge in [-0.1, -0.05) is 18.2 Å². The Hall–Kier alpha value is -2.41. The first-order chi connectivity index (χ1) is 12.5. The Bertz CT molecular complexity index is 677. The van der Waals surface area contributed by atoms with E-state index in [0.29, 0.717) is 19.6 Å². The standard InChI is InChI=1S/C19H26N4O3/c1-14(2)22-9-8-20-19(26)16(22)12-17(24)21-10-11-23(18(25)13-21)15-6-4-3-5-7-15/h3-7,14,16H,8-13H2,1-2H3,(H,20,26). The Morgan fingerprint density at radius 2 is 1.88 bits per heavy atom. The highest BCUT2D eigenvalue weighted by Crippen LogP contribution is 2.19. The van der Waals surface area contributed by atoms with E-state index in [0.717, 1.165) is 12.2 Å². The maximum absolute atomic E-state index is 12.7. The zero-order valence-corrected chi connectivity index (χ0v) is 15.4. The van der Waals surface area contributed by atoms with Crippen LogP contribution in [0.15, 0.2) is 30.3 Å². The molecule has 3 rings (SSSR count). The van der Waals surface area contributed by atoms with Gasteiger partial charge in [0, 0.05) is 37.9 Å². The number of para-hydroxylation sites is 1. The van der Waals surface area contributed by atoms with Gasteiger partial charge in [0.25, 0.3) is 0 Å². The topological polar surface area (TPSA) is 73.0 Å². The molecule has 7 nitrogen and oxygen atoms in total. The molecule has 26 heavy (non-hydrogen) atoms. The molecule has 0 bridgehead atoms. The summed E-state index contributed by atoms with van der Waals surface area (Å²) in [5, 5.41) is 2.84. The summed E-state index contributed by atoms with van der Waals surface area (Å²) in [6.07, 6.45) is 0.114. The largest absolute Gasteiger partial charge is 0.353 e. The van der Waals surface area contributed by atoms with Gasteiger partial charge in [-0.25, -0.2) is 0 Å². The van der Waals surface area contributed by atoms with Crippen molar-refractivity contribution in [3.63, 3.8) is 0 Å². The van der Waals surface area contributed by atoms with Crippen molar-refractivity contribution in [2.75, 3.05) is 37.6 Å². The molecule has 2 fully saturated rings. The van der Waals surface area contributed by atoms with Crippen LogP contribution in [0.25, 0.3) is 0 Å². The van der Waals surface area contributed by atoms with E-state index in [1.54, 1.807) is 9.80 Å². The highest BCUT2D eigenvalue weighted by Gasteiger charge is 2.36. The summed E-state index contributed by atoms with van der Waals surface area (Å²) in [4.78, 5) is 42.8. The molecule has 0 spiro atoms. The summed E-state index contributed by atoms with van der Waals surface area (Å²) in [5.74, 6) is -0.337. The van der Waals surface area contributed by atoms with Gasteiger partial charge in [-0.2, -0.15) is 0 Å². The number of hydrogen-bond acceptors (Lipinski definition) is 4. The molecular formula is C19H26N4O3. The molecular weight excluding hydrogens is 332 g/mol. The second kappa shape index (κ2) is 7.86. The van der Waals surface area contributed by atoms with Gasteiger partial charge in [-0.3, -0.25) is 19.3 Å². The number of rotatable bonds is 4. The van der Waals surface area contributed by atoms with E-state index in [9.17, 15) is 14.4 Å². The van der Waals surface area contributed by atoms with Gasteiger partial charge >= 0.3 is 0 Å². The minimum atomic E-state index is -0.460. The number of nitrogens with one attached hydrogen (secondary N) is 1. The van der Waals surface area contributed by atoms with E-state index < -0.39 is 6.04 Å². The molecule has 1 aromatic carbocycles. The van der Waals surface area contributed by atoms with E-state index >= 15 is 0 Å². The lowest BCUT2D eigenvalue weighted by Crippen LogP contribution is -2.59. The van der Waals surface area contributed by atoms with Gasteiger partial charge in [-0.15, -0.1) is 0 Å². The van der Waals surface area contributed by atoms with Crippen LogP contribution in [-0.2, 0) is 14.4 Å². The van der Waals surface area contributed by atoms with Crippen molar-refractivity contribution in [3.8, 4) is 0 Å². The van der Waals surface area contributed by atoms with Crippen LogP contribution in [0.1, 0.15) is 20.3 Å². The smallest absolute Gasteiger partial charge is 0.246 e. The fourth-order valence-corrected chi connectivity index (χ4v) is 3.62. The number of nitrogens with zero attached hydrogens (tertiary/aromatic N) is 3. The van der Waals surface area contributed by atoms with Crippen LogP contribution in [0.5, 0.6) is 0 Å². The van der Waals surface area contributed by atoms with Gasteiger partial charge in [-0.05, 0) is 26.0 Å². The van der Waals surface area contributed by atoms with Crippen LogP contribution in [-0.4, -0.2) is 72.3 Å². The molecule has 1 unspecified atom stereocenters. The monoisotopic (exact) mass is 358 g/mol. The van der Waals surface area contributed by atoms with Crippen molar-refractivity contribution in [1.29, 1.82) is 0 Å². The zero-order chi connectivity index (χ0) is 18.7. The average Bonchev–Trinajstić information content (AvgIpc) is 2.63. The van der Waals surface area contributed by atoms with Crippen molar-refractivity contribution in [2.45, 2.75) is 32.4 Å². The quantitative estimate of drug-likeness (QED) is 0.849. The van der Waals surface area contributed by atoms with Gasteiger partial charge in [0.05, 0.1) is 12.5 Å². The molecule has 1 aromatic rings. The predicted octanol–water partition coefficient (Wildman–Crippen LogP) is 0.461.